The molecule has 25 heavy (non-hydrogen) atoms. The van der Waals surface area contributed by atoms with Crippen LogP contribution in [0, 0.1) is 5.92 Å². The van der Waals surface area contributed by atoms with Gasteiger partial charge in [-0.15, -0.1) is 0 Å². The van der Waals surface area contributed by atoms with Crippen LogP contribution in [0.15, 0.2) is 4.99 Å². The second kappa shape index (κ2) is 15.4. The van der Waals surface area contributed by atoms with Crippen molar-refractivity contribution in [3.63, 3.8) is 0 Å². The molecule has 0 aromatic heterocycles. The maximum Gasteiger partial charge on any atom is 0.191 e. The molecule has 0 bridgehead atoms. The molecule has 1 fully saturated rings. The van der Waals surface area contributed by atoms with Gasteiger partial charge < -0.3 is 25.0 Å². The molecule has 0 spiro atoms. The van der Waals surface area contributed by atoms with E-state index in [-0.39, 0.29) is 0 Å². The van der Waals surface area contributed by atoms with Crippen molar-refractivity contribution in [3.05, 3.63) is 0 Å². The molecule has 0 amide bonds. The lowest BCUT2D eigenvalue weighted by molar-refractivity contribution is 0.0205. The zero-order chi connectivity index (χ0) is 18.2. The molecule has 1 aliphatic heterocycles. The van der Waals surface area contributed by atoms with Crippen molar-refractivity contribution in [1.29, 1.82) is 0 Å². The van der Waals surface area contributed by atoms with E-state index < -0.39 is 0 Å². The third-order valence-corrected chi connectivity index (χ3v) is 4.59. The van der Waals surface area contributed by atoms with Crippen LogP contribution in [0.5, 0.6) is 0 Å². The van der Waals surface area contributed by atoms with Crippen LogP contribution >= 0.6 is 0 Å². The highest BCUT2D eigenvalue weighted by atomic mass is 16.5. The van der Waals surface area contributed by atoms with Gasteiger partial charge in [0, 0.05) is 46.1 Å². The first-order valence-electron chi connectivity index (χ1n) is 10.2. The summed E-state index contributed by atoms with van der Waals surface area (Å²) in [7, 11) is 0. The summed E-state index contributed by atoms with van der Waals surface area (Å²) in [6.45, 7) is 16.0. The van der Waals surface area contributed by atoms with Crippen molar-refractivity contribution in [2.24, 2.45) is 10.9 Å². The highest BCUT2D eigenvalue weighted by molar-refractivity contribution is 5.79. The standard InChI is InChI=1S/C19H40N4O2/c1-4-20-19(21-11-7-13-23(5-2)6-3)22-12-8-14-25-17-18-9-15-24-16-10-18/h18H,4-17H2,1-3H3,(H2,20,21,22). The summed E-state index contributed by atoms with van der Waals surface area (Å²) in [6.07, 6.45) is 4.39. The minimum absolute atomic E-state index is 0.682. The van der Waals surface area contributed by atoms with Crippen LogP contribution < -0.4 is 10.6 Å². The SMILES string of the molecule is CCNC(=NCCCOCC1CCOCC1)NCCCN(CC)CC. The molecule has 2 N–H and O–H groups in total. The second-order valence-corrected chi connectivity index (χ2v) is 6.55. The molecule has 1 saturated heterocycles. The largest absolute Gasteiger partial charge is 0.381 e. The molecule has 0 atom stereocenters. The molecular weight excluding hydrogens is 316 g/mol. The van der Waals surface area contributed by atoms with Crippen molar-refractivity contribution >= 4 is 5.96 Å². The van der Waals surface area contributed by atoms with E-state index in [1.165, 1.54) is 0 Å². The van der Waals surface area contributed by atoms with Gasteiger partial charge in [0.25, 0.3) is 0 Å². The molecule has 0 unspecified atom stereocenters. The fourth-order valence-corrected chi connectivity index (χ4v) is 2.91. The van der Waals surface area contributed by atoms with Gasteiger partial charge in [0.15, 0.2) is 5.96 Å². The Morgan fingerprint density at radius 3 is 2.56 bits per heavy atom. The second-order valence-electron chi connectivity index (χ2n) is 6.55. The summed E-state index contributed by atoms with van der Waals surface area (Å²) in [5.41, 5.74) is 0. The topological polar surface area (TPSA) is 58.1 Å². The first-order valence-corrected chi connectivity index (χ1v) is 10.2. The molecule has 6 heteroatoms. The molecule has 0 aromatic rings. The lowest BCUT2D eigenvalue weighted by Crippen LogP contribution is -2.39. The van der Waals surface area contributed by atoms with Crippen LogP contribution in [0.2, 0.25) is 0 Å². The van der Waals surface area contributed by atoms with Gasteiger partial charge in [0.05, 0.1) is 0 Å². The minimum atomic E-state index is 0.682. The van der Waals surface area contributed by atoms with E-state index in [2.05, 4.69) is 41.3 Å². The lowest BCUT2D eigenvalue weighted by Gasteiger charge is -2.21. The van der Waals surface area contributed by atoms with E-state index >= 15 is 0 Å². The molecule has 1 aliphatic rings. The predicted molar refractivity (Wildman–Crippen MR) is 105 cm³/mol. The van der Waals surface area contributed by atoms with Gasteiger partial charge in [-0.3, -0.25) is 4.99 Å². The van der Waals surface area contributed by atoms with Crippen molar-refractivity contribution in [2.45, 2.75) is 46.5 Å². The maximum absolute atomic E-state index is 5.79. The third kappa shape index (κ3) is 11.4. The minimum Gasteiger partial charge on any atom is -0.381 e. The zero-order valence-corrected chi connectivity index (χ0v) is 16.7. The highest BCUT2D eigenvalue weighted by Crippen LogP contribution is 2.14. The summed E-state index contributed by atoms with van der Waals surface area (Å²) in [4.78, 5) is 7.08. The fourth-order valence-electron chi connectivity index (χ4n) is 2.91. The fraction of sp³-hybridized carbons (Fsp3) is 0.947. The van der Waals surface area contributed by atoms with Gasteiger partial charge in [-0.25, -0.2) is 0 Å². The van der Waals surface area contributed by atoms with Gasteiger partial charge in [-0.1, -0.05) is 13.8 Å². The number of hydrogen-bond donors (Lipinski definition) is 2. The average molecular weight is 357 g/mol. The zero-order valence-electron chi connectivity index (χ0n) is 16.7. The predicted octanol–water partition coefficient (Wildman–Crippen LogP) is 2.11. The van der Waals surface area contributed by atoms with E-state index in [4.69, 9.17) is 9.47 Å². The molecule has 1 rings (SSSR count). The summed E-state index contributed by atoms with van der Waals surface area (Å²) >= 11 is 0. The van der Waals surface area contributed by atoms with Crippen LogP contribution in [-0.4, -0.2) is 76.6 Å². The van der Waals surface area contributed by atoms with Gasteiger partial charge in [-0.05, 0) is 58.2 Å². The van der Waals surface area contributed by atoms with Crippen LogP contribution in [0.1, 0.15) is 46.5 Å². The first kappa shape index (κ1) is 22.2. The van der Waals surface area contributed by atoms with Crippen molar-refractivity contribution in [2.75, 3.05) is 65.7 Å². The Labute approximate surface area is 154 Å². The average Bonchev–Trinajstić information content (AvgIpc) is 2.65. The summed E-state index contributed by atoms with van der Waals surface area (Å²) in [5.74, 6) is 1.61. The number of ether oxygens (including phenoxy) is 2. The Balaban J connectivity index is 2.08. The number of nitrogens with zero attached hydrogens (tertiary/aromatic N) is 2. The number of hydrogen-bond acceptors (Lipinski definition) is 4. The molecule has 0 aliphatic carbocycles. The van der Waals surface area contributed by atoms with Gasteiger partial charge >= 0.3 is 0 Å². The monoisotopic (exact) mass is 356 g/mol. The van der Waals surface area contributed by atoms with E-state index in [9.17, 15) is 0 Å². The molecule has 6 nitrogen and oxygen atoms in total. The van der Waals surface area contributed by atoms with Gasteiger partial charge in [0.2, 0.25) is 0 Å². The van der Waals surface area contributed by atoms with Gasteiger partial charge in [-0.2, -0.15) is 0 Å². The highest BCUT2D eigenvalue weighted by Gasteiger charge is 2.13. The van der Waals surface area contributed by atoms with E-state index in [1.807, 2.05) is 0 Å². The van der Waals surface area contributed by atoms with Gasteiger partial charge in [0.1, 0.15) is 0 Å². The van der Waals surface area contributed by atoms with Crippen LogP contribution in [-0.2, 0) is 9.47 Å². The molecule has 148 valence electrons. The summed E-state index contributed by atoms with van der Waals surface area (Å²) in [6, 6.07) is 0. The number of aliphatic imine (C=N–C) groups is 1. The Morgan fingerprint density at radius 1 is 1.12 bits per heavy atom. The lowest BCUT2D eigenvalue weighted by atomic mass is 10.0. The Kier molecular flexibility index (Phi) is 13.7. The van der Waals surface area contributed by atoms with Crippen molar-refractivity contribution < 1.29 is 9.47 Å². The van der Waals surface area contributed by atoms with E-state index in [0.29, 0.717) is 5.92 Å². The molecule has 0 radical (unpaired) electrons. The van der Waals surface area contributed by atoms with E-state index in [0.717, 1.165) is 97.3 Å². The third-order valence-electron chi connectivity index (χ3n) is 4.59. The Hall–Kier alpha value is -0.850. The first-order chi connectivity index (χ1) is 12.3. The maximum atomic E-state index is 5.79. The Bertz CT molecular complexity index is 329. The normalized spacial score (nSPS) is 16.4. The molecule has 0 aromatic carbocycles. The Morgan fingerprint density at radius 2 is 1.88 bits per heavy atom. The summed E-state index contributed by atoms with van der Waals surface area (Å²) < 4.78 is 11.2. The van der Waals surface area contributed by atoms with Crippen molar-refractivity contribution in [3.8, 4) is 0 Å². The number of guanidine groups is 1. The van der Waals surface area contributed by atoms with Crippen LogP contribution in [0.4, 0.5) is 0 Å². The van der Waals surface area contributed by atoms with Crippen molar-refractivity contribution in [1.82, 2.24) is 15.5 Å². The molecule has 1 heterocycles. The molecule has 0 saturated carbocycles. The molecular formula is C19H40N4O2. The summed E-state index contributed by atoms with van der Waals surface area (Å²) in [5, 5.41) is 6.74. The number of rotatable bonds is 13. The number of nitrogens with one attached hydrogen (secondary N) is 2. The van der Waals surface area contributed by atoms with Crippen LogP contribution in [0.25, 0.3) is 0 Å². The van der Waals surface area contributed by atoms with Crippen LogP contribution in [0.3, 0.4) is 0 Å². The van der Waals surface area contributed by atoms with E-state index in [1.54, 1.807) is 0 Å². The quantitative estimate of drug-likeness (QED) is 0.301. The smallest absolute Gasteiger partial charge is 0.191 e.